The van der Waals surface area contributed by atoms with Crippen LogP contribution in [0.3, 0.4) is 0 Å². The minimum atomic E-state index is -1.39. The second kappa shape index (κ2) is 17.8. The van der Waals surface area contributed by atoms with Crippen LogP contribution in [0.2, 0.25) is 0 Å². The Labute approximate surface area is 220 Å². The zero-order chi connectivity index (χ0) is 24.6. The molecular formula is C21H30N5NaO7. The molecule has 1 atom stereocenters. The molecular weight excluding hydrogens is 457 g/mol. The van der Waals surface area contributed by atoms with E-state index in [1.54, 1.807) is 6.07 Å². The molecule has 2 amide bonds. The van der Waals surface area contributed by atoms with Gasteiger partial charge in [0.15, 0.2) is 5.96 Å². The van der Waals surface area contributed by atoms with Gasteiger partial charge < -0.3 is 31.0 Å². The fraction of sp³-hybridized carbons (Fsp3) is 0.476. The number of benzene rings is 1. The third-order valence-electron chi connectivity index (χ3n) is 4.59. The fourth-order valence-electron chi connectivity index (χ4n) is 2.88. The Kier molecular flexibility index (Phi) is 16.4. The van der Waals surface area contributed by atoms with Gasteiger partial charge in [0.1, 0.15) is 12.6 Å². The van der Waals surface area contributed by atoms with Crippen molar-refractivity contribution in [2.45, 2.75) is 44.6 Å². The van der Waals surface area contributed by atoms with Crippen LogP contribution in [-0.4, -0.2) is 61.2 Å². The van der Waals surface area contributed by atoms with E-state index in [-0.39, 0.29) is 54.5 Å². The summed E-state index contributed by atoms with van der Waals surface area (Å²) in [7, 11) is 1.34. The largest absolute Gasteiger partial charge is 1.00 e. The molecule has 0 aliphatic carbocycles. The summed E-state index contributed by atoms with van der Waals surface area (Å²) in [5.74, 6) is -3.32. The molecule has 13 heteroatoms. The van der Waals surface area contributed by atoms with Crippen LogP contribution < -0.4 is 56.5 Å². The first-order valence-corrected chi connectivity index (χ1v) is 10.4. The number of hydroxylamine groups is 1. The summed E-state index contributed by atoms with van der Waals surface area (Å²) in [5.41, 5.74) is 8.64. The average Bonchev–Trinajstić information content (AvgIpc) is 2.81. The molecule has 1 aromatic carbocycles. The zero-order valence-electron chi connectivity index (χ0n) is 19.5. The maximum Gasteiger partial charge on any atom is 1.00 e. The molecule has 34 heavy (non-hydrogen) atoms. The van der Waals surface area contributed by atoms with Gasteiger partial charge in [-0.05, 0) is 49.8 Å². The third kappa shape index (κ3) is 13.1. The summed E-state index contributed by atoms with van der Waals surface area (Å²) >= 11 is 0. The van der Waals surface area contributed by atoms with Gasteiger partial charge >= 0.3 is 35.5 Å². The zero-order valence-corrected chi connectivity index (χ0v) is 21.5. The number of nitrogens with two attached hydrogens (primary N) is 1. The molecule has 0 radical (unpaired) electrons. The van der Waals surface area contributed by atoms with E-state index < -0.39 is 30.2 Å². The average molecular weight is 487 g/mol. The Bertz CT molecular complexity index is 851. The molecule has 0 aliphatic rings. The van der Waals surface area contributed by atoms with Crippen molar-refractivity contribution in [3.05, 3.63) is 35.4 Å². The Balaban J connectivity index is 0.0000109. The Morgan fingerprint density at radius 2 is 1.94 bits per heavy atom. The van der Waals surface area contributed by atoms with Gasteiger partial charge in [-0.1, -0.05) is 18.6 Å². The van der Waals surface area contributed by atoms with E-state index in [1.165, 1.54) is 12.6 Å². The quantitative estimate of drug-likeness (QED) is 0.0327. The van der Waals surface area contributed by atoms with E-state index in [2.05, 4.69) is 15.6 Å². The molecule has 1 aromatic rings. The standard InChI is InChI=1S/C21H31N5O7.Na/c1-33-20(31)15-8-5-7-14(12-15)6-3-2-4-11-23-21(22)24-13-17(27)25-16(19(30)26-32)9-10-18(28)29;/h5,7-8,12,16,32H,2-4,6,9-11,13H2,1H3,(H,25,27)(H,26,30)(H,28,29)(H3,22,23,24);/q;+1/p-1/t16-;/m1./s1. The molecule has 12 nitrogen and oxygen atoms in total. The van der Waals surface area contributed by atoms with Crippen molar-refractivity contribution in [3.8, 4) is 0 Å². The fourth-order valence-corrected chi connectivity index (χ4v) is 2.88. The first-order chi connectivity index (χ1) is 15.8. The van der Waals surface area contributed by atoms with Gasteiger partial charge in [-0.15, -0.1) is 0 Å². The molecule has 6 N–H and O–H groups in total. The number of carboxylic acids is 1. The summed E-state index contributed by atoms with van der Waals surface area (Å²) in [6.07, 6.45) is 2.72. The SMILES string of the molecule is COC(=O)c1cccc(CCCCCNC(N)=NCC(=O)N[C@H](CCC(=O)[O-])C(=O)NO)c1.[Na+]. The molecule has 0 saturated heterocycles. The molecule has 0 fully saturated rings. The van der Waals surface area contributed by atoms with Crippen molar-refractivity contribution in [2.75, 3.05) is 20.2 Å². The van der Waals surface area contributed by atoms with E-state index >= 15 is 0 Å². The van der Waals surface area contributed by atoms with Crippen LogP contribution in [0, 0.1) is 0 Å². The first-order valence-electron chi connectivity index (χ1n) is 10.4. The number of aliphatic imine (C=N–C) groups is 1. The Morgan fingerprint density at radius 1 is 1.21 bits per heavy atom. The van der Waals surface area contributed by atoms with Crippen LogP contribution >= 0.6 is 0 Å². The summed E-state index contributed by atoms with van der Waals surface area (Å²) in [5, 5.41) is 24.3. The smallest absolute Gasteiger partial charge is 0.550 e. The second-order valence-corrected chi connectivity index (χ2v) is 7.14. The summed E-state index contributed by atoms with van der Waals surface area (Å²) in [4.78, 5) is 49.3. The molecule has 1 rings (SSSR count). The Morgan fingerprint density at radius 3 is 2.59 bits per heavy atom. The van der Waals surface area contributed by atoms with Crippen LogP contribution in [0.1, 0.15) is 48.0 Å². The minimum absolute atomic E-state index is 0. The molecule has 0 unspecified atom stereocenters. The van der Waals surface area contributed by atoms with Crippen LogP contribution in [0.5, 0.6) is 0 Å². The summed E-state index contributed by atoms with van der Waals surface area (Å²) < 4.78 is 4.71. The van der Waals surface area contributed by atoms with Crippen LogP contribution in [0.25, 0.3) is 0 Å². The van der Waals surface area contributed by atoms with Gasteiger partial charge in [-0.25, -0.2) is 15.3 Å². The van der Waals surface area contributed by atoms with E-state index in [4.69, 9.17) is 15.7 Å². The molecule has 0 heterocycles. The third-order valence-corrected chi connectivity index (χ3v) is 4.59. The van der Waals surface area contributed by atoms with Crippen molar-refractivity contribution < 1.29 is 63.8 Å². The number of nitrogens with one attached hydrogen (secondary N) is 3. The number of ether oxygens (including phenoxy) is 1. The van der Waals surface area contributed by atoms with Crippen LogP contribution in [0.4, 0.5) is 0 Å². The minimum Gasteiger partial charge on any atom is -0.550 e. The number of hydrogen-bond donors (Lipinski definition) is 5. The number of carboxylic acid groups (broad SMARTS) is 1. The molecule has 0 aliphatic heterocycles. The molecule has 0 bridgehead atoms. The number of hydrogen-bond acceptors (Lipinski definition) is 8. The summed E-state index contributed by atoms with van der Waals surface area (Å²) in [6.45, 7) is 0.163. The van der Waals surface area contributed by atoms with E-state index in [0.717, 1.165) is 31.2 Å². The predicted molar refractivity (Wildman–Crippen MR) is 116 cm³/mol. The van der Waals surface area contributed by atoms with Crippen molar-refractivity contribution >= 4 is 29.7 Å². The van der Waals surface area contributed by atoms with Gasteiger partial charge in [-0.2, -0.15) is 0 Å². The van der Waals surface area contributed by atoms with Gasteiger partial charge in [0, 0.05) is 12.5 Å². The van der Waals surface area contributed by atoms with E-state index in [1.807, 2.05) is 18.2 Å². The van der Waals surface area contributed by atoms with Crippen LogP contribution in [-0.2, 0) is 25.5 Å². The van der Waals surface area contributed by atoms with Crippen molar-refractivity contribution in [3.63, 3.8) is 0 Å². The number of esters is 1. The maximum atomic E-state index is 11.9. The molecule has 0 aromatic heterocycles. The van der Waals surface area contributed by atoms with E-state index in [0.29, 0.717) is 12.1 Å². The number of nitrogens with zero attached hydrogens (tertiary/aromatic N) is 1. The van der Waals surface area contributed by atoms with Crippen molar-refractivity contribution in [1.82, 2.24) is 16.1 Å². The molecule has 0 spiro atoms. The van der Waals surface area contributed by atoms with E-state index in [9.17, 15) is 24.3 Å². The first kappa shape index (κ1) is 31.3. The number of carbonyl (C=O) groups excluding carboxylic acids is 4. The predicted octanol–water partition coefficient (Wildman–Crippen LogP) is -4.39. The monoisotopic (exact) mass is 487 g/mol. The number of carbonyl (C=O) groups is 4. The van der Waals surface area contributed by atoms with Crippen LogP contribution in [0.15, 0.2) is 29.3 Å². The number of rotatable bonds is 14. The van der Waals surface area contributed by atoms with Gasteiger partial charge in [0.2, 0.25) is 5.91 Å². The van der Waals surface area contributed by atoms with Crippen molar-refractivity contribution in [2.24, 2.45) is 10.7 Å². The number of aryl methyl sites for hydroxylation is 1. The maximum absolute atomic E-state index is 11.9. The summed E-state index contributed by atoms with van der Waals surface area (Å²) in [6, 6.07) is 6.05. The number of unbranched alkanes of at least 4 members (excludes halogenated alkanes) is 2. The molecule has 182 valence electrons. The second-order valence-electron chi connectivity index (χ2n) is 7.14. The number of methoxy groups -OCH3 is 1. The number of aliphatic carboxylic acids is 1. The van der Waals surface area contributed by atoms with Gasteiger partial charge in [0.05, 0.1) is 12.7 Å². The number of guanidine groups is 1. The molecule has 0 saturated carbocycles. The van der Waals surface area contributed by atoms with Gasteiger partial charge in [0.25, 0.3) is 5.91 Å². The normalized spacial score (nSPS) is 11.5. The topological polar surface area (TPSA) is 195 Å². The Hall–Kier alpha value is -2.67. The van der Waals surface area contributed by atoms with Crippen molar-refractivity contribution in [1.29, 1.82) is 0 Å². The number of amides is 2. The van der Waals surface area contributed by atoms with Gasteiger partial charge in [-0.3, -0.25) is 14.8 Å².